The van der Waals surface area contributed by atoms with Gasteiger partial charge in [-0.3, -0.25) is 14.5 Å². The molecule has 0 aromatic rings. The summed E-state index contributed by atoms with van der Waals surface area (Å²) in [5.74, 6) is -0.365. The van der Waals surface area contributed by atoms with Gasteiger partial charge in [-0.2, -0.15) is 0 Å². The Labute approximate surface area is 81.5 Å². The second-order valence-corrected chi connectivity index (χ2v) is 3.30. The van der Waals surface area contributed by atoms with Gasteiger partial charge in [0.05, 0.1) is 0 Å². The highest BCUT2D eigenvalue weighted by molar-refractivity contribution is 5.96. The quantitative estimate of drug-likeness (QED) is 0.386. The highest BCUT2D eigenvalue weighted by Gasteiger charge is 2.26. The Bertz CT molecular complexity index is 296. The molecule has 14 heavy (non-hydrogen) atoms. The molecule has 0 N–H and O–H groups in total. The lowest BCUT2D eigenvalue weighted by Gasteiger charge is -2.14. The SMILES string of the molecule is C[C@@H](CC(=O)N1CCCC1=O)N=[N+]=[N-]. The van der Waals surface area contributed by atoms with Gasteiger partial charge in [0.1, 0.15) is 0 Å². The van der Waals surface area contributed by atoms with Crippen molar-refractivity contribution in [2.45, 2.75) is 32.2 Å². The first-order valence-electron chi connectivity index (χ1n) is 4.52. The molecule has 0 aliphatic carbocycles. The summed E-state index contributed by atoms with van der Waals surface area (Å²) in [6, 6.07) is -0.388. The molecule has 1 fully saturated rings. The van der Waals surface area contributed by atoms with E-state index in [1.54, 1.807) is 6.92 Å². The van der Waals surface area contributed by atoms with E-state index in [2.05, 4.69) is 10.0 Å². The highest BCUT2D eigenvalue weighted by atomic mass is 16.2. The van der Waals surface area contributed by atoms with Gasteiger partial charge in [0.25, 0.3) is 0 Å². The molecular weight excluding hydrogens is 184 g/mol. The third kappa shape index (κ3) is 2.47. The topological polar surface area (TPSA) is 86.1 Å². The maximum absolute atomic E-state index is 11.5. The number of nitrogens with zero attached hydrogens (tertiary/aromatic N) is 4. The van der Waals surface area contributed by atoms with Gasteiger partial charge in [0, 0.05) is 30.3 Å². The molecule has 0 unspecified atom stereocenters. The van der Waals surface area contributed by atoms with E-state index in [-0.39, 0.29) is 24.3 Å². The molecule has 1 rings (SSSR count). The van der Waals surface area contributed by atoms with Crippen LogP contribution in [0.1, 0.15) is 26.2 Å². The Morgan fingerprint density at radius 2 is 2.50 bits per heavy atom. The molecule has 0 bridgehead atoms. The summed E-state index contributed by atoms with van der Waals surface area (Å²) < 4.78 is 0. The third-order valence-corrected chi connectivity index (χ3v) is 2.09. The molecule has 1 aliphatic rings. The van der Waals surface area contributed by atoms with E-state index in [0.29, 0.717) is 13.0 Å². The molecule has 0 aromatic carbocycles. The minimum absolute atomic E-state index is 0.107. The second-order valence-electron chi connectivity index (χ2n) is 3.30. The van der Waals surface area contributed by atoms with Gasteiger partial charge in [-0.15, -0.1) is 0 Å². The lowest BCUT2D eigenvalue weighted by molar-refractivity contribution is -0.141. The van der Waals surface area contributed by atoms with Crippen molar-refractivity contribution in [3.05, 3.63) is 10.4 Å². The van der Waals surface area contributed by atoms with Crippen LogP contribution in [-0.4, -0.2) is 29.3 Å². The fourth-order valence-corrected chi connectivity index (χ4v) is 1.40. The van der Waals surface area contributed by atoms with Crippen LogP contribution >= 0.6 is 0 Å². The lowest BCUT2D eigenvalue weighted by atomic mass is 10.2. The fourth-order valence-electron chi connectivity index (χ4n) is 1.40. The molecule has 0 saturated carbocycles. The Balaban J connectivity index is 2.49. The molecule has 0 aromatic heterocycles. The van der Waals surface area contributed by atoms with Crippen LogP contribution in [-0.2, 0) is 9.59 Å². The number of hydrogen-bond acceptors (Lipinski definition) is 3. The zero-order chi connectivity index (χ0) is 10.6. The Hall–Kier alpha value is -1.55. The largest absolute Gasteiger partial charge is 0.283 e. The van der Waals surface area contributed by atoms with Crippen molar-refractivity contribution in [1.29, 1.82) is 0 Å². The van der Waals surface area contributed by atoms with Gasteiger partial charge in [0.15, 0.2) is 0 Å². The maximum Gasteiger partial charge on any atom is 0.229 e. The van der Waals surface area contributed by atoms with E-state index in [1.807, 2.05) is 0 Å². The predicted octanol–water partition coefficient (Wildman–Crippen LogP) is 1.22. The number of likely N-dealkylation sites (tertiary alicyclic amines) is 1. The van der Waals surface area contributed by atoms with Gasteiger partial charge in [-0.25, -0.2) is 0 Å². The summed E-state index contributed by atoms with van der Waals surface area (Å²) in [5.41, 5.74) is 8.13. The van der Waals surface area contributed by atoms with Crippen molar-refractivity contribution in [2.24, 2.45) is 5.11 Å². The van der Waals surface area contributed by atoms with Crippen LogP contribution in [0.15, 0.2) is 5.11 Å². The molecule has 76 valence electrons. The van der Waals surface area contributed by atoms with E-state index in [4.69, 9.17) is 5.53 Å². The summed E-state index contributed by atoms with van der Waals surface area (Å²) in [6.45, 7) is 2.15. The zero-order valence-electron chi connectivity index (χ0n) is 8.01. The van der Waals surface area contributed by atoms with Crippen molar-refractivity contribution in [2.75, 3.05) is 6.54 Å². The Kier molecular flexibility index (Phi) is 3.48. The Morgan fingerprint density at radius 1 is 1.79 bits per heavy atom. The van der Waals surface area contributed by atoms with Crippen molar-refractivity contribution in [3.8, 4) is 0 Å². The van der Waals surface area contributed by atoms with Crippen LogP contribution in [0.4, 0.5) is 0 Å². The molecule has 1 saturated heterocycles. The van der Waals surface area contributed by atoms with Gasteiger partial charge in [-0.1, -0.05) is 12.0 Å². The molecule has 2 amide bonds. The fraction of sp³-hybridized carbons (Fsp3) is 0.750. The smallest absolute Gasteiger partial charge is 0.229 e. The van der Waals surface area contributed by atoms with Crippen molar-refractivity contribution >= 4 is 11.8 Å². The van der Waals surface area contributed by atoms with Crippen LogP contribution in [0.25, 0.3) is 10.4 Å². The molecule has 6 nitrogen and oxygen atoms in total. The zero-order valence-corrected chi connectivity index (χ0v) is 8.01. The molecule has 0 spiro atoms. The van der Waals surface area contributed by atoms with Crippen LogP contribution in [0.5, 0.6) is 0 Å². The summed E-state index contributed by atoms with van der Waals surface area (Å²) in [7, 11) is 0. The van der Waals surface area contributed by atoms with Crippen LogP contribution < -0.4 is 0 Å². The van der Waals surface area contributed by atoms with E-state index in [0.717, 1.165) is 6.42 Å². The molecule has 0 radical (unpaired) electrons. The van der Waals surface area contributed by atoms with Gasteiger partial charge in [-0.05, 0) is 12.0 Å². The van der Waals surface area contributed by atoms with Gasteiger partial charge in [0.2, 0.25) is 11.8 Å². The molecule has 6 heteroatoms. The van der Waals surface area contributed by atoms with E-state index < -0.39 is 0 Å². The van der Waals surface area contributed by atoms with Gasteiger partial charge >= 0.3 is 0 Å². The molecule has 1 aliphatic heterocycles. The number of carbonyl (C=O) groups excluding carboxylic acids is 2. The van der Waals surface area contributed by atoms with Crippen molar-refractivity contribution in [3.63, 3.8) is 0 Å². The number of azide groups is 1. The number of hydrogen-bond donors (Lipinski definition) is 0. The molecule has 1 atom stereocenters. The minimum Gasteiger partial charge on any atom is -0.283 e. The average molecular weight is 196 g/mol. The monoisotopic (exact) mass is 196 g/mol. The summed E-state index contributed by atoms with van der Waals surface area (Å²) in [6.07, 6.45) is 1.29. The second kappa shape index (κ2) is 4.62. The first-order chi connectivity index (χ1) is 6.65. The lowest BCUT2D eigenvalue weighted by Crippen LogP contribution is -2.33. The van der Waals surface area contributed by atoms with Crippen molar-refractivity contribution < 1.29 is 9.59 Å². The normalized spacial score (nSPS) is 17.8. The minimum atomic E-state index is -0.388. The highest BCUT2D eigenvalue weighted by Crippen LogP contribution is 2.12. The Morgan fingerprint density at radius 3 is 3.00 bits per heavy atom. The number of imide groups is 1. The third-order valence-electron chi connectivity index (χ3n) is 2.09. The van der Waals surface area contributed by atoms with E-state index in [1.165, 1.54) is 4.90 Å². The van der Waals surface area contributed by atoms with Crippen LogP contribution in [0, 0.1) is 0 Å². The van der Waals surface area contributed by atoms with E-state index in [9.17, 15) is 9.59 Å². The van der Waals surface area contributed by atoms with Crippen LogP contribution in [0.2, 0.25) is 0 Å². The van der Waals surface area contributed by atoms with E-state index >= 15 is 0 Å². The van der Waals surface area contributed by atoms with Crippen molar-refractivity contribution in [1.82, 2.24) is 4.90 Å². The summed E-state index contributed by atoms with van der Waals surface area (Å²) in [4.78, 5) is 26.5. The summed E-state index contributed by atoms with van der Waals surface area (Å²) >= 11 is 0. The summed E-state index contributed by atoms with van der Waals surface area (Å²) in [5, 5.41) is 3.38. The first kappa shape index (κ1) is 10.5. The average Bonchev–Trinajstić information content (AvgIpc) is 2.51. The maximum atomic E-state index is 11.5. The number of rotatable bonds is 3. The van der Waals surface area contributed by atoms with Crippen LogP contribution in [0.3, 0.4) is 0 Å². The number of carbonyl (C=O) groups is 2. The standard InChI is InChI=1S/C8H12N4O2/c1-6(10-11-9)5-8(14)12-4-2-3-7(12)13/h6H,2-5H2,1H3/t6-/m0/s1. The van der Waals surface area contributed by atoms with Gasteiger partial charge < -0.3 is 0 Å². The first-order valence-corrected chi connectivity index (χ1v) is 4.52. The number of amides is 2. The molecular formula is C8H12N4O2. The predicted molar refractivity (Wildman–Crippen MR) is 49.2 cm³/mol. The molecule has 1 heterocycles.